The van der Waals surface area contributed by atoms with E-state index in [0.717, 1.165) is 11.1 Å². The van der Waals surface area contributed by atoms with Crippen molar-refractivity contribution in [1.82, 2.24) is 0 Å². The molecule has 0 unspecified atom stereocenters. The number of non-ortho nitro benzene ring substituents is 1. The van der Waals surface area contributed by atoms with Gasteiger partial charge < -0.3 is 10.1 Å². The number of anilines is 1. The second-order valence-corrected chi connectivity index (χ2v) is 6.74. The van der Waals surface area contributed by atoms with Crippen LogP contribution in [0.3, 0.4) is 0 Å². The molecule has 0 saturated heterocycles. The summed E-state index contributed by atoms with van der Waals surface area (Å²) in [4.78, 5) is 22.8. The molecule has 0 heterocycles. The maximum atomic E-state index is 12.5. The number of aryl methyl sites for hydroxylation is 1. The van der Waals surface area contributed by atoms with E-state index < -0.39 is 10.8 Å². The van der Waals surface area contributed by atoms with Gasteiger partial charge in [0.25, 0.3) is 11.6 Å². The Morgan fingerprint density at radius 3 is 2.55 bits per heavy atom. The number of carbonyl (C=O) groups is 1. The molecule has 0 bridgehead atoms. The van der Waals surface area contributed by atoms with Gasteiger partial charge in [0.15, 0.2) is 0 Å². The van der Waals surface area contributed by atoms with Crippen LogP contribution in [0.15, 0.2) is 78.4 Å². The number of hydrogen-bond donors (Lipinski definition) is 1. The average Bonchev–Trinajstić information content (AvgIpc) is 2.77. The first-order valence-corrected chi connectivity index (χ1v) is 9.41. The lowest BCUT2D eigenvalue weighted by atomic mass is 10.1. The lowest BCUT2D eigenvalue weighted by Crippen LogP contribution is -2.13. The molecule has 0 aliphatic carbocycles. The molecule has 3 aromatic rings. The minimum absolute atomic E-state index is 0.00497. The van der Waals surface area contributed by atoms with E-state index in [2.05, 4.69) is 5.32 Å². The fourth-order valence-electron chi connectivity index (χ4n) is 2.83. The van der Waals surface area contributed by atoms with Crippen LogP contribution in [0.4, 0.5) is 11.4 Å². The fraction of sp³-hybridized carbons (Fsp3) is 0.0833. The fourth-order valence-corrected chi connectivity index (χ4v) is 2.83. The molecule has 31 heavy (non-hydrogen) atoms. The number of para-hydroxylation sites is 1. The number of nitro groups is 1. The third-order valence-electron chi connectivity index (χ3n) is 4.40. The second kappa shape index (κ2) is 9.85. The molecule has 0 spiro atoms. The van der Waals surface area contributed by atoms with Crippen LogP contribution in [0.1, 0.15) is 16.7 Å². The van der Waals surface area contributed by atoms with Crippen LogP contribution < -0.4 is 10.1 Å². The first kappa shape index (κ1) is 21.3. The summed E-state index contributed by atoms with van der Waals surface area (Å²) in [6.07, 6.45) is 1.47. The number of carbonyl (C=O) groups excluding carboxylic acids is 1. The highest BCUT2D eigenvalue weighted by atomic mass is 16.6. The Balaban J connectivity index is 1.76. The zero-order chi connectivity index (χ0) is 22.2. The van der Waals surface area contributed by atoms with Crippen molar-refractivity contribution in [3.63, 3.8) is 0 Å². The minimum atomic E-state index is -0.515. The Hall–Kier alpha value is -4.44. The molecule has 1 N–H and O–H groups in total. The summed E-state index contributed by atoms with van der Waals surface area (Å²) >= 11 is 0. The number of ether oxygens (including phenoxy) is 1. The van der Waals surface area contributed by atoms with Gasteiger partial charge in [-0.1, -0.05) is 30.3 Å². The molecule has 3 aromatic carbocycles. The van der Waals surface area contributed by atoms with Gasteiger partial charge in [0, 0.05) is 23.4 Å². The van der Waals surface area contributed by atoms with Gasteiger partial charge in [-0.25, -0.2) is 0 Å². The van der Waals surface area contributed by atoms with E-state index in [1.165, 1.54) is 18.2 Å². The number of nitrogens with one attached hydrogen (secondary N) is 1. The summed E-state index contributed by atoms with van der Waals surface area (Å²) in [5.41, 5.74) is 2.86. The molecular formula is C24H19N3O4. The molecule has 1 amide bonds. The van der Waals surface area contributed by atoms with E-state index in [1.54, 1.807) is 42.5 Å². The number of nitro benzene ring substituents is 1. The number of benzene rings is 3. The van der Waals surface area contributed by atoms with E-state index in [0.29, 0.717) is 17.0 Å². The van der Waals surface area contributed by atoms with E-state index in [9.17, 15) is 20.2 Å². The Morgan fingerprint density at radius 1 is 1.13 bits per heavy atom. The van der Waals surface area contributed by atoms with Crippen LogP contribution in [0.5, 0.6) is 5.75 Å². The summed E-state index contributed by atoms with van der Waals surface area (Å²) in [6.45, 7) is 2.09. The van der Waals surface area contributed by atoms with Gasteiger partial charge in [0.05, 0.1) is 4.92 Å². The predicted molar refractivity (Wildman–Crippen MR) is 117 cm³/mol. The third-order valence-corrected chi connectivity index (χ3v) is 4.40. The second-order valence-electron chi connectivity index (χ2n) is 6.74. The Kier molecular flexibility index (Phi) is 6.76. The van der Waals surface area contributed by atoms with Crippen LogP contribution >= 0.6 is 0 Å². The maximum absolute atomic E-state index is 12.5. The molecule has 0 aliphatic rings. The zero-order valence-corrected chi connectivity index (χ0v) is 16.7. The van der Waals surface area contributed by atoms with Crippen molar-refractivity contribution >= 4 is 23.4 Å². The van der Waals surface area contributed by atoms with Crippen molar-refractivity contribution in [1.29, 1.82) is 5.26 Å². The molecule has 0 saturated carbocycles. The summed E-state index contributed by atoms with van der Waals surface area (Å²) in [7, 11) is 0. The first-order valence-electron chi connectivity index (χ1n) is 9.41. The Bertz CT molecular complexity index is 1180. The number of hydrogen-bond acceptors (Lipinski definition) is 5. The van der Waals surface area contributed by atoms with Crippen LogP contribution in [0.2, 0.25) is 0 Å². The average molecular weight is 413 g/mol. The van der Waals surface area contributed by atoms with Crippen LogP contribution in [0, 0.1) is 28.4 Å². The van der Waals surface area contributed by atoms with Gasteiger partial charge in [-0.05, 0) is 54.5 Å². The zero-order valence-electron chi connectivity index (χ0n) is 16.7. The van der Waals surface area contributed by atoms with Gasteiger partial charge in [0.1, 0.15) is 24.0 Å². The standard InChI is InChI=1S/C24H19N3O4/c1-17-5-4-7-21(13-17)26-24(28)20(15-25)14-19-6-2-3-8-23(19)31-16-18-9-11-22(12-10-18)27(29)30/h2-14H,16H2,1H3,(H,26,28)/b20-14+. The molecule has 0 atom stereocenters. The molecule has 0 fully saturated rings. The molecule has 7 heteroatoms. The SMILES string of the molecule is Cc1cccc(NC(=O)/C(C#N)=C/c2ccccc2OCc2ccc([N+](=O)[O-])cc2)c1. The van der Waals surface area contributed by atoms with Gasteiger partial charge >= 0.3 is 0 Å². The van der Waals surface area contributed by atoms with Crippen molar-refractivity contribution in [3.05, 3.63) is 105 Å². The normalized spacial score (nSPS) is 10.8. The highest BCUT2D eigenvalue weighted by molar-refractivity contribution is 6.09. The first-order chi connectivity index (χ1) is 15.0. The number of rotatable bonds is 7. The van der Waals surface area contributed by atoms with Crippen molar-refractivity contribution in [2.75, 3.05) is 5.32 Å². The monoisotopic (exact) mass is 413 g/mol. The van der Waals surface area contributed by atoms with Crippen LogP contribution in [0.25, 0.3) is 6.08 Å². The van der Waals surface area contributed by atoms with Crippen molar-refractivity contribution < 1.29 is 14.5 Å². The summed E-state index contributed by atoms with van der Waals surface area (Å²) in [5.74, 6) is -0.0322. The van der Waals surface area contributed by atoms with E-state index in [-0.39, 0.29) is 17.9 Å². The Morgan fingerprint density at radius 2 is 1.87 bits per heavy atom. The lowest BCUT2D eigenvalue weighted by Gasteiger charge is -2.10. The predicted octanol–water partition coefficient (Wildman–Crippen LogP) is 5.03. The van der Waals surface area contributed by atoms with Crippen LogP contribution in [-0.2, 0) is 11.4 Å². The lowest BCUT2D eigenvalue weighted by molar-refractivity contribution is -0.384. The van der Waals surface area contributed by atoms with Crippen molar-refractivity contribution in [3.8, 4) is 11.8 Å². The summed E-state index contributed by atoms with van der Waals surface area (Å²) < 4.78 is 5.83. The topological polar surface area (TPSA) is 105 Å². The molecule has 7 nitrogen and oxygen atoms in total. The summed E-state index contributed by atoms with van der Waals surface area (Å²) in [6, 6.07) is 22.3. The molecule has 154 valence electrons. The van der Waals surface area contributed by atoms with Crippen molar-refractivity contribution in [2.45, 2.75) is 13.5 Å². The molecule has 3 rings (SSSR count). The van der Waals surface area contributed by atoms with Gasteiger partial charge in [0.2, 0.25) is 0 Å². The quantitative estimate of drug-likeness (QED) is 0.253. The van der Waals surface area contributed by atoms with Gasteiger partial charge in [-0.2, -0.15) is 5.26 Å². The summed E-state index contributed by atoms with van der Waals surface area (Å²) in [5, 5.41) is 23.0. The highest BCUT2D eigenvalue weighted by Crippen LogP contribution is 2.23. The number of nitrogens with zero attached hydrogens (tertiary/aromatic N) is 2. The maximum Gasteiger partial charge on any atom is 0.269 e. The molecular weight excluding hydrogens is 394 g/mol. The van der Waals surface area contributed by atoms with E-state index >= 15 is 0 Å². The van der Waals surface area contributed by atoms with Gasteiger partial charge in [-0.15, -0.1) is 0 Å². The van der Waals surface area contributed by atoms with Crippen LogP contribution in [-0.4, -0.2) is 10.8 Å². The molecule has 0 radical (unpaired) electrons. The molecule has 0 aliphatic heterocycles. The van der Waals surface area contributed by atoms with Crippen molar-refractivity contribution in [2.24, 2.45) is 0 Å². The Labute approximate surface area is 179 Å². The van der Waals surface area contributed by atoms with E-state index in [1.807, 2.05) is 31.2 Å². The minimum Gasteiger partial charge on any atom is -0.488 e. The van der Waals surface area contributed by atoms with Gasteiger partial charge in [-0.3, -0.25) is 14.9 Å². The highest BCUT2D eigenvalue weighted by Gasteiger charge is 2.12. The number of nitriles is 1. The molecule has 0 aromatic heterocycles. The largest absolute Gasteiger partial charge is 0.488 e. The number of amides is 1. The smallest absolute Gasteiger partial charge is 0.269 e. The third kappa shape index (κ3) is 5.78. The van der Waals surface area contributed by atoms with E-state index in [4.69, 9.17) is 4.74 Å².